The largest absolute Gasteiger partial charge is 0.353 e. The molecule has 1 aromatic rings. The molecule has 2 N–H and O–H groups in total. The van der Waals surface area contributed by atoms with Crippen LogP contribution in [0.5, 0.6) is 0 Å². The summed E-state index contributed by atoms with van der Waals surface area (Å²) in [5.41, 5.74) is -0.0172. The number of nitro groups is 1. The zero-order valence-corrected chi connectivity index (χ0v) is 13.4. The quantitative estimate of drug-likeness (QED) is 0.516. The van der Waals surface area contributed by atoms with Gasteiger partial charge in [-0.05, 0) is 19.2 Å². The van der Waals surface area contributed by atoms with Gasteiger partial charge in [-0.2, -0.15) is 0 Å². The van der Waals surface area contributed by atoms with Crippen molar-refractivity contribution in [1.82, 2.24) is 15.5 Å². The van der Waals surface area contributed by atoms with Crippen molar-refractivity contribution in [1.29, 1.82) is 0 Å². The second-order valence-electron chi connectivity index (χ2n) is 4.87. The lowest BCUT2D eigenvalue weighted by Gasteiger charge is -2.17. The molecule has 8 heteroatoms. The van der Waals surface area contributed by atoms with E-state index in [1.165, 1.54) is 24.3 Å². The van der Waals surface area contributed by atoms with E-state index in [0.29, 0.717) is 6.54 Å². The maximum Gasteiger partial charge on any atom is 0.270 e. The fourth-order valence-electron chi connectivity index (χ4n) is 1.98. The van der Waals surface area contributed by atoms with E-state index in [9.17, 15) is 19.7 Å². The summed E-state index contributed by atoms with van der Waals surface area (Å²) in [6.07, 6.45) is 0. The molecule has 8 nitrogen and oxygen atoms in total. The Hall–Kier alpha value is -2.48. The molecule has 0 aromatic heterocycles. The van der Waals surface area contributed by atoms with Crippen LogP contribution in [-0.2, 0) is 4.79 Å². The first kappa shape index (κ1) is 18.6. The molecule has 0 heterocycles. The standard InChI is InChI=1S/C15H22N4O4/c1-3-18(4-2)9-8-16-14(20)11-17-15(21)12-6-5-7-13(10-12)19(22)23/h5-7,10H,3-4,8-9,11H2,1-2H3,(H,16,20)(H,17,21). The fraction of sp³-hybridized carbons (Fsp3) is 0.467. The average Bonchev–Trinajstić information content (AvgIpc) is 2.56. The van der Waals surface area contributed by atoms with Crippen LogP contribution in [0.25, 0.3) is 0 Å². The number of likely N-dealkylation sites (N-methyl/N-ethyl adjacent to an activating group) is 1. The fourth-order valence-corrected chi connectivity index (χ4v) is 1.98. The summed E-state index contributed by atoms with van der Waals surface area (Å²) in [6, 6.07) is 5.36. The summed E-state index contributed by atoms with van der Waals surface area (Å²) in [5.74, 6) is -0.816. The normalized spacial score (nSPS) is 10.4. The summed E-state index contributed by atoms with van der Waals surface area (Å²) in [4.78, 5) is 35.8. The van der Waals surface area contributed by atoms with Gasteiger partial charge in [0.1, 0.15) is 0 Å². The van der Waals surface area contributed by atoms with Crippen LogP contribution >= 0.6 is 0 Å². The van der Waals surface area contributed by atoms with Crippen molar-refractivity contribution >= 4 is 17.5 Å². The second kappa shape index (κ2) is 9.52. The van der Waals surface area contributed by atoms with E-state index >= 15 is 0 Å². The monoisotopic (exact) mass is 322 g/mol. The van der Waals surface area contributed by atoms with Crippen molar-refractivity contribution in [3.63, 3.8) is 0 Å². The van der Waals surface area contributed by atoms with Crippen LogP contribution < -0.4 is 10.6 Å². The molecule has 0 spiro atoms. The molecule has 0 fully saturated rings. The number of nitro benzene ring substituents is 1. The van der Waals surface area contributed by atoms with Crippen molar-refractivity contribution in [2.45, 2.75) is 13.8 Å². The Morgan fingerprint density at radius 3 is 2.52 bits per heavy atom. The Balaban J connectivity index is 2.39. The minimum atomic E-state index is -0.573. The number of benzene rings is 1. The van der Waals surface area contributed by atoms with Crippen LogP contribution in [0.1, 0.15) is 24.2 Å². The molecule has 1 aromatic carbocycles. The van der Waals surface area contributed by atoms with Crippen molar-refractivity contribution in [3.8, 4) is 0 Å². The van der Waals surface area contributed by atoms with Gasteiger partial charge in [-0.1, -0.05) is 19.9 Å². The SMILES string of the molecule is CCN(CC)CCNC(=O)CNC(=O)c1cccc([N+](=O)[O-])c1. The molecule has 126 valence electrons. The van der Waals surface area contributed by atoms with Gasteiger partial charge in [0.25, 0.3) is 11.6 Å². The van der Waals surface area contributed by atoms with Crippen LogP contribution in [0.3, 0.4) is 0 Å². The highest BCUT2D eigenvalue weighted by atomic mass is 16.6. The molecule has 0 unspecified atom stereocenters. The van der Waals surface area contributed by atoms with E-state index in [1.54, 1.807) is 0 Å². The summed E-state index contributed by atoms with van der Waals surface area (Å²) in [6.45, 7) is 7.01. The maximum absolute atomic E-state index is 11.9. The molecular weight excluding hydrogens is 300 g/mol. The highest BCUT2D eigenvalue weighted by Gasteiger charge is 2.12. The first-order valence-corrected chi connectivity index (χ1v) is 7.49. The lowest BCUT2D eigenvalue weighted by atomic mass is 10.2. The molecule has 23 heavy (non-hydrogen) atoms. The van der Waals surface area contributed by atoms with Crippen LogP contribution in [0.2, 0.25) is 0 Å². The van der Waals surface area contributed by atoms with Gasteiger partial charge in [-0.3, -0.25) is 19.7 Å². The third-order valence-corrected chi connectivity index (χ3v) is 3.37. The molecule has 1 rings (SSSR count). The van der Waals surface area contributed by atoms with E-state index in [-0.39, 0.29) is 23.7 Å². The van der Waals surface area contributed by atoms with Crippen molar-refractivity contribution in [2.24, 2.45) is 0 Å². The third-order valence-electron chi connectivity index (χ3n) is 3.37. The zero-order valence-electron chi connectivity index (χ0n) is 13.4. The van der Waals surface area contributed by atoms with E-state index in [2.05, 4.69) is 15.5 Å². The molecule has 0 atom stereocenters. The number of hydrogen-bond acceptors (Lipinski definition) is 5. The van der Waals surface area contributed by atoms with Crippen LogP contribution in [0.15, 0.2) is 24.3 Å². The van der Waals surface area contributed by atoms with Gasteiger partial charge in [0.2, 0.25) is 5.91 Å². The number of nitrogens with zero attached hydrogens (tertiary/aromatic N) is 2. The number of carbonyl (C=O) groups excluding carboxylic acids is 2. The van der Waals surface area contributed by atoms with Gasteiger partial charge in [-0.15, -0.1) is 0 Å². The topological polar surface area (TPSA) is 105 Å². The predicted molar refractivity (Wildman–Crippen MR) is 86.2 cm³/mol. The van der Waals surface area contributed by atoms with Gasteiger partial charge in [-0.25, -0.2) is 0 Å². The highest BCUT2D eigenvalue weighted by Crippen LogP contribution is 2.12. The van der Waals surface area contributed by atoms with Gasteiger partial charge in [0, 0.05) is 30.8 Å². The van der Waals surface area contributed by atoms with Gasteiger partial charge < -0.3 is 15.5 Å². The first-order chi connectivity index (χ1) is 11.0. The first-order valence-electron chi connectivity index (χ1n) is 7.49. The number of non-ortho nitro benzene ring substituents is 1. The molecule has 0 bridgehead atoms. The highest BCUT2D eigenvalue weighted by molar-refractivity contribution is 5.96. The Kier molecular flexibility index (Phi) is 7.69. The third kappa shape index (κ3) is 6.43. The van der Waals surface area contributed by atoms with E-state index in [0.717, 1.165) is 19.6 Å². The number of hydrogen-bond donors (Lipinski definition) is 2. The van der Waals surface area contributed by atoms with Crippen molar-refractivity contribution in [2.75, 3.05) is 32.7 Å². The minimum Gasteiger partial charge on any atom is -0.353 e. The average molecular weight is 322 g/mol. The Morgan fingerprint density at radius 2 is 1.91 bits per heavy atom. The van der Waals surface area contributed by atoms with Crippen LogP contribution in [0, 0.1) is 10.1 Å². The van der Waals surface area contributed by atoms with E-state index in [1.807, 2.05) is 13.8 Å². The Bertz CT molecular complexity index is 558. The molecular formula is C15H22N4O4. The number of rotatable bonds is 9. The second-order valence-corrected chi connectivity index (χ2v) is 4.87. The van der Waals surface area contributed by atoms with Crippen molar-refractivity contribution in [3.05, 3.63) is 39.9 Å². The maximum atomic E-state index is 11.9. The molecule has 0 aliphatic rings. The summed E-state index contributed by atoms with van der Waals surface area (Å²) < 4.78 is 0. The summed E-state index contributed by atoms with van der Waals surface area (Å²) >= 11 is 0. The molecule has 0 radical (unpaired) electrons. The van der Waals surface area contributed by atoms with Gasteiger partial charge in [0.05, 0.1) is 11.5 Å². The number of carbonyl (C=O) groups is 2. The van der Waals surface area contributed by atoms with Gasteiger partial charge >= 0.3 is 0 Å². The minimum absolute atomic E-state index is 0.148. The smallest absolute Gasteiger partial charge is 0.270 e. The van der Waals surface area contributed by atoms with Crippen LogP contribution in [-0.4, -0.2) is 54.4 Å². The molecule has 2 amide bonds. The lowest BCUT2D eigenvalue weighted by Crippen LogP contribution is -2.40. The van der Waals surface area contributed by atoms with Crippen molar-refractivity contribution < 1.29 is 14.5 Å². The predicted octanol–water partition coefficient (Wildman–Crippen LogP) is 0.783. The molecule has 0 saturated heterocycles. The van der Waals surface area contributed by atoms with E-state index in [4.69, 9.17) is 0 Å². The Morgan fingerprint density at radius 1 is 1.22 bits per heavy atom. The zero-order chi connectivity index (χ0) is 17.2. The molecule has 0 aliphatic heterocycles. The number of amides is 2. The van der Waals surface area contributed by atoms with E-state index < -0.39 is 10.8 Å². The van der Waals surface area contributed by atoms with Crippen LogP contribution in [0.4, 0.5) is 5.69 Å². The molecule has 0 aliphatic carbocycles. The lowest BCUT2D eigenvalue weighted by molar-refractivity contribution is -0.384. The Labute approximate surface area is 135 Å². The molecule has 0 saturated carbocycles. The summed E-state index contributed by atoms with van der Waals surface area (Å²) in [7, 11) is 0. The summed E-state index contributed by atoms with van der Waals surface area (Å²) in [5, 5.41) is 15.8. The number of nitrogens with one attached hydrogen (secondary N) is 2. The van der Waals surface area contributed by atoms with Gasteiger partial charge in [0.15, 0.2) is 0 Å².